The molecule has 0 saturated heterocycles. The molecule has 0 amide bonds. The summed E-state index contributed by atoms with van der Waals surface area (Å²) >= 11 is 0. The van der Waals surface area contributed by atoms with Crippen LogP contribution < -0.4 is 11.5 Å². The fraction of sp³-hybridized carbons (Fsp3) is 1.00. The highest BCUT2D eigenvalue weighted by molar-refractivity contribution is 5.04. The molecule has 1 saturated carbocycles. The molecule has 1 fully saturated rings. The summed E-state index contributed by atoms with van der Waals surface area (Å²) in [7, 11) is 0. The van der Waals surface area contributed by atoms with Gasteiger partial charge in [-0.1, -0.05) is 0 Å². The summed E-state index contributed by atoms with van der Waals surface area (Å²) in [5.74, 6) is 0. The molecule has 2 atom stereocenters. The molecule has 4 N–H and O–H groups in total. The molecule has 2 unspecified atom stereocenters. The van der Waals surface area contributed by atoms with Crippen LogP contribution in [0.3, 0.4) is 0 Å². The Morgan fingerprint density at radius 1 is 1.60 bits per heavy atom. The van der Waals surface area contributed by atoms with Crippen molar-refractivity contribution in [1.29, 1.82) is 0 Å². The minimum absolute atomic E-state index is 0.146. The predicted molar refractivity (Wildman–Crippen MR) is 39.3 cm³/mol. The van der Waals surface area contributed by atoms with Crippen LogP contribution in [0.4, 0.5) is 4.39 Å². The van der Waals surface area contributed by atoms with E-state index < -0.39 is 6.17 Å². The van der Waals surface area contributed by atoms with E-state index in [1.807, 2.05) is 0 Å². The van der Waals surface area contributed by atoms with Crippen LogP contribution in [-0.2, 0) is 0 Å². The van der Waals surface area contributed by atoms with E-state index in [9.17, 15) is 4.39 Å². The number of hydrogen-bond donors (Lipinski definition) is 2. The second-order valence-corrected chi connectivity index (χ2v) is 3.19. The molecule has 1 aliphatic carbocycles. The van der Waals surface area contributed by atoms with Crippen molar-refractivity contribution in [2.75, 3.05) is 6.54 Å². The average molecular weight is 146 g/mol. The first-order valence-electron chi connectivity index (χ1n) is 3.73. The largest absolute Gasteiger partial charge is 0.329 e. The summed E-state index contributed by atoms with van der Waals surface area (Å²) < 4.78 is 12.8. The summed E-state index contributed by atoms with van der Waals surface area (Å²) in [6.07, 6.45) is 1.01. The van der Waals surface area contributed by atoms with E-state index in [1.54, 1.807) is 6.92 Å². The Balaban J connectivity index is 2.51. The highest BCUT2D eigenvalue weighted by Gasteiger charge is 2.51. The van der Waals surface area contributed by atoms with Gasteiger partial charge in [-0.05, 0) is 19.8 Å². The normalized spacial score (nSPS) is 27.6. The zero-order valence-corrected chi connectivity index (χ0v) is 6.31. The van der Waals surface area contributed by atoms with Crippen LogP contribution >= 0.6 is 0 Å². The summed E-state index contributed by atoms with van der Waals surface area (Å²) in [5, 5.41) is 0. The maximum atomic E-state index is 12.8. The van der Waals surface area contributed by atoms with Crippen molar-refractivity contribution in [1.82, 2.24) is 0 Å². The van der Waals surface area contributed by atoms with E-state index in [1.165, 1.54) is 0 Å². The zero-order valence-electron chi connectivity index (χ0n) is 6.31. The molecule has 60 valence electrons. The van der Waals surface area contributed by atoms with Gasteiger partial charge in [-0.15, -0.1) is 0 Å². The van der Waals surface area contributed by atoms with Crippen molar-refractivity contribution in [2.24, 2.45) is 16.9 Å². The van der Waals surface area contributed by atoms with Gasteiger partial charge in [-0.3, -0.25) is 0 Å². The van der Waals surface area contributed by atoms with E-state index >= 15 is 0 Å². The fourth-order valence-corrected chi connectivity index (χ4v) is 1.44. The molecule has 0 aromatic carbocycles. The number of halogens is 1. The van der Waals surface area contributed by atoms with E-state index in [0.29, 0.717) is 6.54 Å². The van der Waals surface area contributed by atoms with E-state index in [2.05, 4.69) is 0 Å². The Morgan fingerprint density at radius 2 is 2.10 bits per heavy atom. The molecule has 3 heteroatoms. The monoisotopic (exact) mass is 146 g/mol. The summed E-state index contributed by atoms with van der Waals surface area (Å²) in [5.41, 5.74) is 10.7. The lowest BCUT2D eigenvalue weighted by molar-refractivity contribution is 0.197. The van der Waals surface area contributed by atoms with Crippen molar-refractivity contribution in [3.8, 4) is 0 Å². The van der Waals surface area contributed by atoms with Gasteiger partial charge in [0.05, 0.1) is 0 Å². The first-order valence-corrected chi connectivity index (χ1v) is 3.73. The van der Waals surface area contributed by atoms with Crippen LogP contribution in [0.2, 0.25) is 0 Å². The molecule has 0 radical (unpaired) electrons. The zero-order chi connectivity index (χ0) is 7.78. The lowest BCUT2D eigenvalue weighted by Crippen LogP contribution is -2.42. The van der Waals surface area contributed by atoms with Crippen LogP contribution in [-0.4, -0.2) is 18.8 Å². The molecule has 0 aromatic rings. The maximum Gasteiger partial charge on any atom is 0.104 e. The minimum atomic E-state index is -0.800. The molecular weight excluding hydrogens is 131 g/mol. The van der Waals surface area contributed by atoms with Crippen molar-refractivity contribution < 1.29 is 4.39 Å². The average Bonchev–Trinajstić information content (AvgIpc) is 2.65. The Kier molecular flexibility index (Phi) is 1.97. The number of rotatable bonds is 3. The van der Waals surface area contributed by atoms with Gasteiger partial charge < -0.3 is 11.5 Å². The van der Waals surface area contributed by atoms with Gasteiger partial charge in [-0.2, -0.15) is 0 Å². The van der Waals surface area contributed by atoms with Gasteiger partial charge in [0.25, 0.3) is 0 Å². The van der Waals surface area contributed by atoms with Crippen molar-refractivity contribution in [3.05, 3.63) is 0 Å². The Morgan fingerprint density at radius 3 is 2.20 bits per heavy atom. The standard InChI is InChI=1S/C7H15FN2/c1-5(8)7(2-3-7)6(10)4-9/h5-6H,2-4,9-10H2,1H3. The molecule has 0 aliphatic heterocycles. The second-order valence-electron chi connectivity index (χ2n) is 3.19. The Labute approximate surface area is 60.8 Å². The summed E-state index contributed by atoms with van der Waals surface area (Å²) in [4.78, 5) is 0. The Bertz CT molecular complexity index is 121. The van der Waals surface area contributed by atoms with Gasteiger partial charge in [0.1, 0.15) is 6.17 Å². The number of alkyl halides is 1. The first kappa shape index (κ1) is 7.95. The van der Waals surface area contributed by atoms with Crippen molar-refractivity contribution in [2.45, 2.75) is 32.0 Å². The minimum Gasteiger partial charge on any atom is -0.329 e. The van der Waals surface area contributed by atoms with E-state index in [-0.39, 0.29) is 11.5 Å². The summed E-state index contributed by atoms with van der Waals surface area (Å²) in [6, 6.07) is -0.146. The third-order valence-corrected chi connectivity index (χ3v) is 2.61. The number of hydrogen-bond acceptors (Lipinski definition) is 2. The molecule has 0 heterocycles. The van der Waals surface area contributed by atoms with Crippen molar-refractivity contribution >= 4 is 0 Å². The van der Waals surface area contributed by atoms with Crippen LogP contribution in [0.1, 0.15) is 19.8 Å². The molecule has 0 aromatic heterocycles. The third-order valence-electron chi connectivity index (χ3n) is 2.61. The third kappa shape index (κ3) is 1.04. The molecular formula is C7H15FN2. The van der Waals surface area contributed by atoms with Crippen LogP contribution in [0, 0.1) is 5.41 Å². The van der Waals surface area contributed by atoms with Gasteiger partial charge in [-0.25, -0.2) is 4.39 Å². The van der Waals surface area contributed by atoms with Crippen molar-refractivity contribution in [3.63, 3.8) is 0 Å². The smallest absolute Gasteiger partial charge is 0.104 e. The van der Waals surface area contributed by atoms with Gasteiger partial charge in [0, 0.05) is 18.0 Å². The molecule has 10 heavy (non-hydrogen) atoms. The molecule has 1 aliphatic rings. The topological polar surface area (TPSA) is 52.0 Å². The molecule has 2 nitrogen and oxygen atoms in total. The van der Waals surface area contributed by atoms with Gasteiger partial charge in [0.2, 0.25) is 0 Å². The van der Waals surface area contributed by atoms with Gasteiger partial charge in [0.15, 0.2) is 0 Å². The van der Waals surface area contributed by atoms with E-state index in [4.69, 9.17) is 11.5 Å². The van der Waals surface area contributed by atoms with Crippen LogP contribution in [0.15, 0.2) is 0 Å². The number of nitrogens with two attached hydrogens (primary N) is 2. The predicted octanol–water partition coefficient (Wildman–Crippen LogP) is 0.411. The molecule has 1 rings (SSSR count). The second kappa shape index (κ2) is 2.47. The van der Waals surface area contributed by atoms with Crippen LogP contribution in [0.5, 0.6) is 0 Å². The summed E-state index contributed by atoms with van der Waals surface area (Å²) in [6.45, 7) is 1.97. The fourth-order valence-electron chi connectivity index (χ4n) is 1.44. The maximum absolute atomic E-state index is 12.8. The lowest BCUT2D eigenvalue weighted by atomic mass is 9.93. The van der Waals surface area contributed by atoms with Gasteiger partial charge >= 0.3 is 0 Å². The highest BCUT2D eigenvalue weighted by atomic mass is 19.1. The van der Waals surface area contributed by atoms with Crippen LogP contribution in [0.25, 0.3) is 0 Å². The lowest BCUT2D eigenvalue weighted by Gasteiger charge is -2.22. The molecule has 0 bridgehead atoms. The quantitative estimate of drug-likeness (QED) is 0.606. The SMILES string of the molecule is CC(F)C1(C(N)CN)CC1. The van der Waals surface area contributed by atoms with E-state index in [0.717, 1.165) is 12.8 Å². The highest BCUT2D eigenvalue weighted by Crippen LogP contribution is 2.51. The Hall–Kier alpha value is -0.150. The first-order chi connectivity index (χ1) is 4.63. The molecule has 0 spiro atoms.